The first-order valence-electron chi connectivity index (χ1n) is 12.9. The molecule has 39 heavy (non-hydrogen) atoms. The van der Waals surface area contributed by atoms with E-state index in [-0.39, 0.29) is 0 Å². The third-order valence-electron chi connectivity index (χ3n) is 7.45. The van der Waals surface area contributed by atoms with Gasteiger partial charge in [0.2, 0.25) is 0 Å². The maximum absolute atomic E-state index is 9.43. The van der Waals surface area contributed by atoms with E-state index in [4.69, 9.17) is 0 Å². The zero-order valence-electron chi connectivity index (χ0n) is 21.0. The van der Waals surface area contributed by atoms with Crippen LogP contribution in [-0.2, 0) is 0 Å². The molecule has 0 amide bonds. The molecule has 4 heteroatoms. The fourth-order valence-corrected chi connectivity index (χ4v) is 5.75. The van der Waals surface area contributed by atoms with Gasteiger partial charge in [-0.2, -0.15) is 10.5 Å². The molecule has 0 unspecified atom stereocenters. The van der Waals surface area contributed by atoms with E-state index in [1.807, 2.05) is 30.3 Å². The Morgan fingerprint density at radius 3 is 1.33 bits per heavy atom. The molecule has 1 aliphatic rings. The van der Waals surface area contributed by atoms with Crippen molar-refractivity contribution >= 4 is 55.7 Å². The van der Waals surface area contributed by atoms with Crippen LogP contribution >= 0.6 is 0 Å². The first-order chi connectivity index (χ1) is 19.3. The number of para-hydroxylation sites is 3. The van der Waals surface area contributed by atoms with Crippen molar-refractivity contribution in [3.63, 3.8) is 0 Å². The summed E-state index contributed by atoms with van der Waals surface area (Å²) >= 11 is 0. The van der Waals surface area contributed by atoms with Gasteiger partial charge in [0.15, 0.2) is 5.92 Å². The van der Waals surface area contributed by atoms with Crippen molar-refractivity contribution in [3.8, 4) is 12.1 Å². The third-order valence-corrected chi connectivity index (χ3v) is 7.45. The van der Waals surface area contributed by atoms with Crippen molar-refractivity contribution in [2.24, 2.45) is 0 Å². The maximum atomic E-state index is 9.43. The minimum atomic E-state index is -0.793. The van der Waals surface area contributed by atoms with Crippen LogP contribution < -0.4 is 9.80 Å². The van der Waals surface area contributed by atoms with E-state index < -0.39 is 5.92 Å². The van der Waals surface area contributed by atoms with E-state index >= 15 is 0 Å². The highest BCUT2D eigenvalue weighted by atomic mass is 15.3. The summed E-state index contributed by atoms with van der Waals surface area (Å²) < 4.78 is 0. The van der Waals surface area contributed by atoms with E-state index in [0.717, 1.165) is 39.5 Å². The summed E-state index contributed by atoms with van der Waals surface area (Å²) in [6.45, 7) is 0. The molecule has 0 aromatic heterocycles. The van der Waals surface area contributed by atoms with Crippen molar-refractivity contribution in [1.82, 2.24) is 0 Å². The Kier molecular flexibility index (Phi) is 5.25. The second-order valence-electron chi connectivity index (χ2n) is 9.57. The summed E-state index contributed by atoms with van der Waals surface area (Å²) in [6, 6.07) is 48.1. The minimum absolute atomic E-state index is 0.698. The standard InChI is InChI=1S/C35H22N4/c36-22-25(23-37)24-18-20-27(21-19-24)39-33-17-9-8-16-32(33)38(26-10-2-1-3-11-26)34-30-14-6-4-12-28(30)29-13-5-7-15-31(29)35(34)39/h1-21,25H. The summed E-state index contributed by atoms with van der Waals surface area (Å²) in [5, 5.41) is 23.6. The molecule has 7 rings (SSSR count). The number of hydrogen-bond acceptors (Lipinski definition) is 4. The molecule has 0 saturated heterocycles. The zero-order valence-corrected chi connectivity index (χ0v) is 21.0. The van der Waals surface area contributed by atoms with Crippen LogP contribution in [0, 0.1) is 22.7 Å². The van der Waals surface area contributed by atoms with Crippen molar-refractivity contribution in [1.29, 1.82) is 10.5 Å². The van der Waals surface area contributed by atoms with Crippen LogP contribution in [0.2, 0.25) is 0 Å². The fourth-order valence-electron chi connectivity index (χ4n) is 5.75. The second kappa shape index (κ2) is 9.06. The predicted molar refractivity (Wildman–Crippen MR) is 158 cm³/mol. The average Bonchev–Trinajstić information content (AvgIpc) is 3.01. The van der Waals surface area contributed by atoms with Gasteiger partial charge in [0.25, 0.3) is 0 Å². The molecule has 1 heterocycles. The van der Waals surface area contributed by atoms with E-state index in [1.165, 1.54) is 16.2 Å². The molecule has 0 radical (unpaired) electrons. The van der Waals surface area contributed by atoms with Gasteiger partial charge in [0.05, 0.1) is 34.9 Å². The normalized spacial score (nSPS) is 12.2. The van der Waals surface area contributed by atoms with Gasteiger partial charge in [0.1, 0.15) is 0 Å². The molecule has 6 aromatic carbocycles. The van der Waals surface area contributed by atoms with Gasteiger partial charge < -0.3 is 9.80 Å². The average molecular weight is 499 g/mol. The lowest BCUT2D eigenvalue weighted by atomic mass is 9.93. The highest BCUT2D eigenvalue weighted by Crippen LogP contribution is 2.58. The topological polar surface area (TPSA) is 54.1 Å². The van der Waals surface area contributed by atoms with Crippen LogP contribution in [0.5, 0.6) is 0 Å². The number of fused-ring (bicyclic) bond motifs is 7. The largest absolute Gasteiger partial charge is 0.306 e. The van der Waals surface area contributed by atoms with Gasteiger partial charge in [0, 0.05) is 22.1 Å². The quantitative estimate of drug-likeness (QED) is 0.228. The Balaban J connectivity index is 1.61. The van der Waals surface area contributed by atoms with Gasteiger partial charge in [-0.15, -0.1) is 0 Å². The molecule has 1 aliphatic heterocycles. The number of anilines is 6. The van der Waals surface area contributed by atoms with Crippen molar-refractivity contribution in [2.75, 3.05) is 9.80 Å². The minimum Gasteiger partial charge on any atom is -0.306 e. The van der Waals surface area contributed by atoms with Crippen LogP contribution in [0.25, 0.3) is 21.5 Å². The van der Waals surface area contributed by atoms with Crippen LogP contribution in [0.4, 0.5) is 34.1 Å². The molecule has 6 aromatic rings. The van der Waals surface area contributed by atoms with Crippen LogP contribution in [0.1, 0.15) is 11.5 Å². The number of rotatable bonds is 3. The second-order valence-corrected chi connectivity index (χ2v) is 9.57. The van der Waals surface area contributed by atoms with Gasteiger partial charge >= 0.3 is 0 Å². The van der Waals surface area contributed by atoms with Gasteiger partial charge in [-0.05, 0) is 52.7 Å². The highest BCUT2D eigenvalue weighted by Gasteiger charge is 2.33. The molecule has 0 spiro atoms. The summed E-state index contributed by atoms with van der Waals surface area (Å²) in [5.41, 5.74) is 7.10. The lowest BCUT2D eigenvalue weighted by Gasteiger charge is -2.42. The van der Waals surface area contributed by atoms with Crippen LogP contribution in [0.3, 0.4) is 0 Å². The lowest BCUT2D eigenvalue weighted by Crippen LogP contribution is -2.24. The molecule has 4 nitrogen and oxygen atoms in total. The van der Waals surface area contributed by atoms with E-state index in [1.54, 1.807) is 0 Å². The Bertz CT molecular complexity index is 1930. The zero-order chi connectivity index (χ0) is 26.3. The number of nitriles is 2. The Hall–Kier alpha value is -5.58. The molecular weight excluding hydrogens is 476 g/mol. The van der Waals surface area contributed by atoms with Gasteiger partial charge in [-0.1, -0.05) is 91.0 Å². The molecule has 0 fully saturated rings. The molecule has 0 atom stereocenters. The summed E-state index contributed by atoms with van der Waals surface area (Å²) in [5.74, 6) is -0.793. The van der Waals surface area contributed by atoms with Crippen LogP contribution in [-0.4, -0.2) is 0 Å². The van der Waals surface area contributed by atoms with Crippen LogP contribution in [0.15, 0.2) is 127 Å². The summed E-state index contributed by atoms with van der Waals surface area (Å²) in [6.07, 6.45) is 0. The van der Waals surface area contributed by atoms with Crippen molar-refractivity contribution in [2.45, 2.75) is 5.92 Å². The third kappa shape index (κ3) is 3.44. The van der Waals surface area contributed by atoms with E-state index in [9.17, 15) is 10.5 Å². The smallest absolute Gasteiger partial charge is 0.158 e. The number of nitrogens with zero attached hydrogens (tertiary/aromatic N) is 4. The number of benzene rings is 6. The van der Waals surface area contributed by atoms with Gasteiger partial charge in [-0.3, -0.25) is 0 Å². The molecule has 0 N–H and O–H groups in total. The molecule has 182 valence electrons. The Morgan fingerprint density at radius 2 is 0.846 bits per heavy atom. The number of hydrogen-bond donors (Lipinski definition) is 0. The van der Waals surface area contributed by atoms with E-state index in [2.05, 4.69) is 119 Å². The predicted octanol–water partition coefficient (Wildman–Crippen LogP) is 9.38. The maximum Gasteiger partial charge on any atom is 0.158 e. The SMILES string of the molecule is N#CC(C#N)c1ccc(N2c3ccccc3N(c3ccccc3)c3c2c2ccccc2c2ccccc32)cc1. The molecule has 0 bridgehead atoms. The Labute approximate surface area is 226 Å². The first-order valence-corrected chi connectivity index (χ1v) is 12.9. The lowest BCUT2D eigenvalue weighted by molar-refractivity contribution is 1.10. The highest BCUT2D eigenvalue weighted by molar-refractivity contribution is 6.25. The monoisotopic (exact) mass is 498 g/mol. The Morgan fingerprint density at radius 1 is 0.436 bits per heavy atom. The fraction of sp³-hybridized carbons (Fsp3) is 0.0286. The first kappa shape index (κ1) is 22.6. The van der Waals surface area contributed by atoms with Crippen molar-refractivity contribution < 1.29 is 0 Å². The summed E-state index contributed by atoms with van der Waals surface area (Å²) in [7, 11) is 0. The summed E-state index contributed by atoms with van der Waals surface area (Å²) in [4.78, 5) is 4.68. The van der Waals surface area contributed by atoms with Crippen molar-refractivity contribution in [3.05, 3.63) is 133 Å². The molecule has 0 saturated carbocycles. The van der Waals surface area contributed by atoms with Gasteiger partial charge in [-0.25, -0.2) is 0 Å². The molecular formula is C35H22N4. The molecule has 0 aliphatic carbocycles. The van der Waals surface area contributed by atoms with E-state index in [0.29, 0.717) is 5.56 Å².